The zero-order valence-corrected chi connectivity index (χ0v) is 13.4. The molecule has 0 spiro atoms. The Bertz CT molecular complexity index is 669. The summed E-state index contributed by atoms with van der Waals surface area (Å²) in [7, 11) is -2.99. The van der Waals surface area contributed by atoms with Crippen LogP contribution in [0.15, 0.2) is 36.9 Å². The minimum Gasteiger partial charge on any atom is -0.289 e. The molecule has 22 heavy (non-hydrogen) atoms. The van der Waals surface area contributed by atoms with Gasteiger partial charge < -0.3 is 0 Å². The third-order valence-electron chi connectivity index (χ3n) is 4.12. The van der Waals surface area contributed by atoms with Crippen molar-refractivity contribution in [3.8, 4) is 0 Å². The van der Waals surface area contributed by atoms with Gasteiger partial charge in [-0.25, -0.2) is 8.42 Å². The van der Waals surface area contributed by atoms with Crippen molar-refractivity contribution in [2.24, 2.45) is 0 Å². The molecule has 1 aliphatic rings. The molecule has 2 rings (SSSR count). The van der Waals surface area contributed by atoms with Gasteiger partial charge in [-0.05, 0) is 18.9 Å². The fourth-order valence-corrected chi connectivity index (χ4v) is 4.99. The number of nitrogens with zero attached hydrogens (tertiary/aromatic N) is 2. The molecular weight excluding hydrogens is 304 g/mol. The first-order chi connectivity index (χ1) is 10.3. The van der Waals surface area contributed by atoms with E-state index in [0.29, 0.717) is 19.5 Å². The summed E-state index contributed by atoms with van der Waals surface area (Å²) in [5, 5.41) is 10.7. The molecule has 0 N–H and O–H groups in total. The summed E-state index contributed by atoms with van der Waals surface area (Å²) < 4.78 is 23.6. The second kappa shape index (κ2) is 6.18. The van der Waals surface area contributed by atoms with Crippen LogP contribution in [-0.2, 0) is 16.4 Å². The highest BCUT2D eigenvalue weighted by Crippen LogP contribution is 2.31. The fourth-order valence-electron chi connectivity index (χ4n) is 2.82. The minimum atomic E-state index is -2.99. The number of hydrogen-bond acceptors (Lipinski definition) is 5. The minimum absolute atomic E-state index is 0.0497. The lowest BCUT2D eigenvalue weighted by Crippen LogP contribution is -2.47. The molecule has 1 aromatic carbocycles. The van der Waals surface area contributed by atoms with E-state index >= 15 is 0 Å². The lowest BCUT2D eigenvalue weighted by atomic mass is 9.98. The maximum atomic E-state index is 11.8. The Kier molecular flexibility index (Phi) is 4.67. The Balaban J connectivity index is 2.18. The van der Waals surface area contributed by atoms with Gasteiger partial charge in [-0.1, -0.05) is 18.2 Å². The highest BCUT2D eigenvalue weighted by molar-refractivity contribution is 7.91. The van der Waals surface area contributed by atoms with Crippen molar-refractivity contribution in [3.05, 3.63) is 52.6 Å². The molecule has 0 saturated carbocycles. The summed E-state index contributed by atoms with van der Waals surface area (Å²) >= 11 is 0. The molecule has 0 aromatic heterocycles. The van der Waals surface area contributed by atoms with Gasteiger partial charge >= 0.3 is 0 Å². The summed E-state index contributed by atoms with van der Waals surface area (Å²) in [6.45, 7) is 6.80. The van der Waals surface area contributed by atoms with Crippen LogP contribution < -0.4 is 0 Å². The summed E-state index contributed by atoms with van der Waals surface area (Å²) in [5.41, 5.74) is 0.543. The van der Waals surface area contributed by atoms with Crippen LogP contribution in [0.2, 0.25) is 0 Å². The van der Waals surface area contributed by atoms with Crippen molar-refractivity contribution < 1.29 is 13.3 Å². The van der Waals surface area contributed by atoms with Crippen molar-refractivity contribution in [1.29, 1.82) is 0 Å². The first kappa shape index (κ1) is 16.6. The fraction of sp³-hybridized carbons (Fsp3) is 0.467. The van der Waals surface area contributed by atoms with E-state index in [1.165, 1.54) is 12.1 Å². The van der Waals surface area contributed by atoms with Crippen molar-refractivity contribution in [3.63, 3.8) is 0 Å². The van der Waals surface area contributed by atoms with E-state index in [9.17, 15) is 18.5 Å². The monoisotopic (exact) mass is 324 g/mol. The quantitative estimate of drug-likeness (QED) is 0.455. The number of non-ortho nitro benzene ring substituents is 1. The summed E-state index contributed by atoms with van der Waals surface area (Å²) in [6, 6.07) is 6.35. The third kappa shape index (κ3) is 3.72. The molecule has 1 aromatic rings. The molecule has 1 atom stereocenters. The molecule has 7 heteroatoms. The van der Waals surface area contributed by atoms with Crippen molar-refractivity contribution in [2.75, 3.05) is 18.1 Å². The van der Waals surface area contributed by atoms with Gasteiger partial charge in [-0.2, -0.15) is 0 Å². The van der Waals surface area contributed by atoms with Crippen molar-refractivity contribution >= 4 is 15.5 Å². The standard InChI is InChI=1S/C15H20N2O4S/c1-3-9-16(15(2)8-10-22(20,21)12-15)11-13-4-6-14(7-5-13)17(18)19/h3-7H,1,8-12H2,2H3/t15-/m1/s1. The zero-order chi connectivity index (χ0) is 16.4. The van der Waals surface area contributed by atoms with E-state index in [4.69, 9.17) is 0 Å². The smallest absolute Gasteiger partial charge is 0.269 e. The van der Waals surface area contributed by atoms with E-state index < -0.39 is 20.3 Å². The Hall–Kier alpha value is -1.73. The molecule has 0 bridgehead atoms. The number of nitro benzene ring substituents is 1. The normalized spacial score (nSPS) is 23.5. The van der Waals surface area contributed by atoms with Gasteiger partial charge in [0.1, 0.15) is 0 Å². The molecule has 120 valence electrons. The molecule has 1 aliphatic heterocycles. The second-order valence-corrected chi connectivity index (χ2v) is 8.12. The number of hydrogen-bond donors (Lipinski definition) is 0. The number of sulfone groups is 1. The van der Waals surface area contributed by atoms with Crippen LogP contribution >= 0.6 is 0 Å². The maximum absolute atomic E-state index is 11.8. The molecule has 0 radical (unpaired) electrons. The Labute approximate surface area is 130 Å². The van der Waals surface area contributed by atoms with E-state index in [1.807, 2.05) is 6.92 Å². The zero-order valence-electron chi connectivity index (χ0n) is 12.6. The molecule has 1 fully saturated rings. The lowest BCUT2D eigenvalue weighted by molar-refractivity contribution is -0.384. The number of nitro groups is 1. The molecule has 1 saturated heterocycles. The topological polar surface area (TPSA) is 80.5 Å². The molecular formula is C15H20N2O4S. The molecule has 0 aliphatic carbocycles. The first-order valence-corrected chi connectivity index (χ1v) is 8.88. The van der Waals surface area contributed by atoms with E-state index in [1.54, 1.807) is 18.2 Å². The predicted octanol–water partition coefficient (Wildman–Crippen LogP) is 2.16. The van der Waals surface area contributed by atoms with Gasteiger partial charge in [0.05, 0.1) is 16.4 Å². The Morgan fingerprint density at radius 2 is 2.05 bits per heavy atom. The van der Waals surface area contributed by atoms with E-state index in [-0.39, 0.29) is 17.2 Å². The highest BCUT2D eigenvalue weighted by atomic mass is 32.2. The second-order valence-electron chi connectivity index (χ2n) is 5.93. The van der Waals surface area contributed by atoms with Gasteiger partial charge in [-0.15, -0.1) is 6.58 Å². The van der Waals surface area contributed by atoms with Gasteiger partial charge in [0, 0.05) is 30.8 Å². The van der Waals surface area contributed by atoms with E-state index in [2.05, 4.69) is 11.5 Å². The van der Waals surface area contributed by atoms with Crippen LogP contribution in [0.3, 0.4) is 0 Å². The SMILES string of the molecule is C=CCN(Cc1ccc([N+](=O)[O-])cc1)[C@]1(C)CCS(=O)(=O)C1. The van der Waals surface area contributed by atoms with Crippen LogP contribution in [0.4, 0.5) is 5.69 Å². The third-order valence-corrected chi connectivity index (χ3v) is 6.00. The number of rotatable bonds is 6. The van der Waals surface area contributed by atoms with Gasteiger partial charge in [0.2, 0.25) is 0 Å². The molecule has 6 nitrogen and oxygen atoms in total. The van der Waals surface area contributed by atoms with Crippen LogP contribution in [0.25, 0.3) is 0 Å². The molecule has 0 unspecified atom stereocenters. The van der Waals surface area contributed by atoms with Gasteiger partial charge in [0.25, 0.3) is 5.69 Å². The molecule has 1 heterocycles. The number of benzene rings is 1. The average molecular weight is 324 g/mol. The van der Waals surface area contributed by atoms with Crippen LogP contribution in [0.5, 0.6) is 0 Å². The summed E-state index contributed by atoms with van der Waals surface area (Å²) in [4.78, 5) is 12.3. The maximum Gasteiger partial charge on any atom is 0.269 e. The largest absolute Gasteiger partial charge is 0.289 e. The van der Waals surface area contributed by atoms with Crippen LogP contribution in [-0.4, -0.2) is 41.8 Å². The van der Waals surface area contributed by atoms with Gasteiger partial charge in [-0.3, -0.25) is 15.0 Å². The average Bonchev–Trinajstić information content (AvgIpc) is 2.74. The predicted molar refractivity (Wildman–Crippen MR) is 85.4 cm³/mol. The van der Waals surface area contributed by atoms with Crippen molar-refractivity contribution in [1.82, 2.24) is 4.90 Å². The highest BCUT2D eigenvalue weighted by Gasteiger charge is 2.42. The van der Waals surface area contributed by atoms with Crippen LogP contribution in [0.1, 0.15) is 18.9 Å². The van der Waals surface area contributed by atoms with Crippen molar-refractivity contribution in [2.45, 2.75) is 25.4 Å². The Morgan fingerprint density at radius 1 is 1.41 bits per heavy atom. The summed E-state index contributed by atoms with van der Waals surface area (Å²) in [6.07, 6.45) is 2.34. The lowest BCUT2D eigenvalue weighted by Gasteiger charge is -2.37. The summed E-state index contributed by atoms with van der Waals surface area (Å²) in [5.74, 6) is 0.345. The Morgan fingerprint density at radius 3 is 2.50 bits per heavy atom. The first-order valence-electron chi connectivity index (χ1n) is 7.05. The van der Waals surface area contributed by atoms with Gasteiger partial charge in [0.15, 0.2) is 9.84 Å². The van der Waals surface area contributed by atoms with E-state index in [0.717, 1.165) is 5.56 Å². The van der Waals surface area contributed by atoms with Crippen LogP contribution in [0, 0.1) is 10.1 Å². The molecule has 0 amide bonds.